The Hall–Kier alpha value is -4.18. The fraction of sp³-hybridized carbons (Fsp3) is 0.259. The fourth-order valence-electron chi connectivity index (χ4n) is 4.51. The van der Waals surface area contributed by atoms with Gasteiger partial charge < -0.3 is 16.0 Å². The van der Waals surface area contributed by atoms with E-state index >= 15 is 0 Å². The zero-order chi connectivity index (χ0) is 26.5. The van der Waals surface area contributed by atoms with Crippen LogP contribution in [-0.2, 0) is 6.54 Å². The number of hydrogen-bond acceptors (Lipinski definition) is 5. The number of anilines is 1. The highest BCUT2D eigenvalue weighted by Crippen LogP contribution is 2.27. The van der Waals surface area contributed by atoms with E-state index in [1.54, 1.807) is 29.2 Å². The first kappa shape index (κ1) is 25.9. The highest BCUT2D eigenvalue weighted by Gasteiger charge is 2.29. The van der Waals surface area contributed by atoms with Crippen molar-refractivity contribution >= 4 is 23.2 Å². The van der Waals surface area contributed by atoms with Gasteiger partial charge >= 0.3 is 0 Å². The molecule has 4 rings (SSSR count). The van der Waals surface area contributed by atoms with Gasteiger partial charge in [0.15, 0.2) is 0 Å². The molecule has 37 heavy (non-hydrogen) atoms. The van der Waals surface area contributed by atoms with Gasteiger partial charge in [0.1, 0.15) is 11.6 Å². The van der Waals surface area contributed by atoms with Crippen LogP contribution in [0.1, 0.15) is 52.0 Å². The van der Waals surface area contributed by atoms with Gasteiger partial charge in [-0.1, -0.05) is 12.1 Å². The molecule has 0 radical (unpaired) electrons. The van der Waals surface area contributed by atoms with Crippen LogP contribution in [0.2, 0.25) is 0 Å². The van der Waals surface area contributed by atoms with E-state index in [9.17, 15) is 28.5 Å². The number of hydrogen-bond donors (Lipinski definition) is 2. The third kappa shape index (κ3) is 6.53. The smallest absolute Gasteiger partial charge is 0.269 e. The van der Waals surface area contributed by atoms with Crippen molar-refractivity contribution in [2.45, 2.75) is 44.3 Å². The molecule has 0 atom stereocenters. The fourth-order valence-corrected chi connectivity index (χ4v) is 4.51. The summed E-state index contributed by atoms with van der Waals surface area (Å²) in [6.07, 6.45) is 2.80. The maximum atomic E-state index is 13.8. The number of carbonyl (C=O) groups excluding carboxylic acids is 2. The average Bonchev–Trinajstić information content (AvgIpc) is 2.87. The van der Waals surface area contributed by atoms with E-state index in [1.165, 1.54) is 24.3 Å². The van der Waals surface area contributed by atoms with E-state index in [1.807, 2.05) is 0 Å². The van der Waals surface area contributed by atoms with Gasteiger partial charge in [-0.2, -0.15) is 0 Å². The number of nitro benzene ring substituents is 1. The van der Waals surface area contributed by atoms with Gasteiger partial charge in [-0.3, -0.25) is 19.7 Å². The van der Waals surface area contributed by atoms with E-state index in [-0.39, 0.29) is 35.4 Å². The summed E-state index contributed by atoms with van der Waals surface area (Å²) in [5.41, 5.74) is 7.27. The van der Waals surface area contributed by atoms with Gasteiger partial charge in [-0.05, 0) is 67.6 Å². The summed E-state index contributed by atoms with van der Waals surface area (Å²) in [7, 11) is 0. The zero-order valence-electron chi connectivity index (χ0n) is 19.9. The van der Waals surface area contributed by atoms with Crippen LogP contribution in [0.5, 0.6) is 0 Å². The molecule has 0 bridgehead atoms. The first-order valence-electron chi connectivity index (χ1n) is 11.9. The van der Waals surface area contributed by atoms with Crippen LogP contribution in [0, 0.1) is 21.7 Å². The minimum Gasteiger partial charge on any atom is -0.331 e. The third-order valence-corrected chi connectivity index (χ3v) is 6.43. The Morgan fingerprint density at radius 3 is 2.22 bits per heavy atom. The molecule has 0 unspecified atom stereocenters. The van der Waals surface area contributed by atoms with Gasteiger partial charge in [0, 0.05) is 53.6 Å². The van der Waals surface area contributed by atoms with Crippen molar-refractivity contribution in [3.63, 3.8) is 0 Å². The van der Waals surface area contributed by atoms with Crippen molar-refractivity contribution in [2.75, 3.05) is 5.32 Å². The summed E-state index contributed by atoms with van der Waals surface area (Å²) in [6, 6.07) is 14.8. The molecule has 0 saturated heterocycles. The number of nitrogens with one attached hydrogen (secondary N) is 1. The van der Waals surface area contributed by atoms with E-state index < -0.39 is 28.4 Å². The first-order chi connectivity index (χ1) is 17.7. The number of amides is 2. The Labute approximate surface area is 212 Å². The minimum atomic E-state index is -0.829. The maximum absolute atomic E-state index is 13.8. The molecule has 0 spiro atoms. The highest BCUT2D eigenvalue weighted by atomic mass is 19.1. The van der Waals surface area contributed by atoms with Crippen LogP contribution in [0.3, 0.4) is 0 Å². The lowest BCUT2D eigenvalue weighted by Gasteiger charge is -2.36. The molecule has 192 valence electrons. The average molecular weight is 509 g/mol. The number of nitrogens with two attached hydrogens (primary N) is 1. The Bertz CT molecular complexity index is 1290. The van der Waals surface area contributed by atoms with Gasteiger partial charge in [0.25, 0.3) is 17.5 Å². The van der Waals surface area contributed by atoms with Crippen LogP contribution in [0.15, 0.2) is 66.7 Å². The van der Waals surface area contributed by atoms with Crippen LogP contribution in [0.25, 0.3) is 0 Å². The van der Waals surface area contributed by atoms with Crippen LogP contribution < -0.4 is 11.1 Å². The standard InChI is InChI=1S/C27H26F2N4O4/c28-20-13-19(14-21(29)15-20)27(35)32(24-10-6-22(30)7-11-24)16-17-2-1-3-23(12-17)31-26(34)18-4-8-25(9-5-18)33(36)37/h1-5,8-9,12-15,22,24H,6-7,10-11,16,30H2,(H,31,34). The van der Waals surface area contributed by atoms with Crippen molar-refractivity contribution in [1.29, 1.82) is 0 Å². The summed E-state index contributed by atoms with van der Waals surface area (Å²) < 4.78 is 27.7. The summed E-state index contributed by atoms with van der Waals surface area (Å²) in [5.74, 6) is -2.59. The molecule has 1 saturated carbocycles. The molecule has 3 N–H and O–H groups in total. The van der Waals surface area contributed by atoms with Crippen LogP contribution in [-0.4, -0.2) is 33.7 Å². The summed E-state index contributed by atoms with van der Waals surface area (Å²) in [6.45, 7) is 0.165. The number of halogens is 2. The lowest BCUT2D eigenvalue weighted by molar-refractivity contribution is -0.384. The highest BCUT2D eigenvalue weighted by molar-refractivity contribution is 6.04. The normalized spacial score (nSPS) is 17.2. The Balaban J connectivity index is 1.54. The number of nitro groups is 1. The van der Waals surface area contributed by atoms with Gasteiger partial charge in [-0.25, -0.2) is 8.78 Å². The van der Waals surface area contributed by atoms with Crippen LogP contribution in [0.4, 0.5) is 20.2 Å². The van der Waals surface area contributed by atoms with Crippen LogP contribution >= 0.6 is 0 Å². The molecule has 10 heteroatoms. The number of nitrogens with zero attached hydrogens (tertiary/aromatic N) is 2. The predicted octanol–water partition coefficient (Wildman–Crippen LogP) is 5.04. The molecule has 8 nitrogen and oxygen atoms in total. The van der Waals surface area contributed by atoms with Crippen molar-refractivity contribution in [1.82, 2.24) is 4.90 Å². The first-order valence-corrected chi connectivity index (χ1v) is 11.9. The number of benzene rings is 3. The second-order valence-corrected chi connectivity index (χ2v) is 9.12. The molecule has 3 aromatic rings. The molecular weight excluding hydrogens is 482 g/mol. The summed E-state index contributed by atoms with van der Waals surface area (Å²) in [5, 5.41) is 13.6. The molecule has 0 aliphatic heterocycles. The van der Waals surface area contributed by atoms with E-state index in [0.29, 0.717) is 24.1 Å². The van der Waals surface area contributed by atoms with E-state index in [4.69, 9.17) is 5.73 Å². The molecule has 0 aromatic heterocycles. The molecule has 2 amide bonds. The quantitative estimate of drug-likeness (QED) is 0.343. The van der Waals surface area contributed by atoms with E-state index in [2.05, 4.69) is 5.32 Å². The number of carbonyl (C=O) groups is 2. The summed E-state index contributed by atoms with van der Waals surface area (Å²) in [4.78, 5) is 37.9. The third-order valence-electron chi connectivity index (χ3n) is 6.43. The Morgan fingerprint density at radius 1 is 0.946 bits per heavy atom. The topological polar surface area (TPSA) is 119 Å². The van der Waals surface area contributed by atoms with Gasteiger partial charge in [0.05, 0.1) is 4.92 Å². The Kier molecular flexibility index (Phi) is 7.88. The lowest BCUT2D eigenvalue weighted by atomic mass is 9.90. The Morgan fingerprint density at radius 2 is 1.59 bits per heavy atom. The van der Waals surface area contributed by atoms with Crippen molar-refractivity contribution in [3.8, 4) is 0 Å². The number of non-ortho nitro benzene ring substituents is 1. The van der Waals surface area contributed by atoms with E-state index in [0.717, 1.165) is 31.0 Å². The second kappa shape index (κ2) is 11.3. The SMILES string of the molecule is NC1CCC(N(Cc2cccc(NC(=O)c3ccc([N+](=O)[O-])cc3)c2)C(=O)c2cc(F)cc(F)c2)CC1. The second-order valence-electron chi connectivity index (χ2n) is 9.12. The number of rotatable bonds is 7. The molecule has 1 aliphatic carbocycles. The molecule has 1 fully saturated rings. The molecule has 1 aliphatic rings. The van der Waals surface area contributed by atoms with Gasteiger partial charge in [-0.15, -0.1) is 0 Å². The molecule has 3 aromatic carbocycles. The minimum absolute atomic E-state index is 0.0535. The maximum Gasteiger partial charge on any atom is 0.269 e. The molecule has 0 heterocycles. The van der Waals surface area contributed by atoms with Gasteiger partial charge in [0.2, 0.25) is 0 Å². The zero-order valence-corrected chi connectivity index (χ0v) is 19.9. The monoisotopic (exact) mass is 508 g/mol. The molecular formula is C27H26F2N4O4. The largest absolute Gasteiger partial charge is 0.331 e. The summed E-state index contributed by atoms with van der Waals surface area (Å²) >= 11 is 0. The van der Waals surface area contributed by atoms with Crippen molar-refractivity contribution in [3.05, 3.63) is 105 Å². The van der Waals surface area contributed by atoms with Crippen molar-refractivity contribution < 1.29 is 23.3 Å². The predicted molar refractivity (Wildman–Crippen MR) is 134 cm³/mol. The van der Waals surface area contributed by atoms with Crippen molar-refractivity contribution in [2.24, 2.45) is 5.73 Å². The lowest BCUT2D eigenvalue weighted by Crippen LogP contribution is -2.44.